The van der Waals surface area contributed by atoms with Crippen molar-refractivity contribution in [3.63, 3.8) is 0 Å². The van der Waals surface area contributed by atoms with Crippen molar-refractivity contribution in [3.05, 3.63) is 88.4 Å². The van der Waals surface area contributed by atoms with Gasteiger partial charge in [0.05, 0.1) is 10.0 Å². The maximum absolute atomic E-state index is 6.16. The van der Waals surface area contributed by atoms with Gasteiger partial charge in [-0.3, -0.25) is 4.57 Å². The van der Waals surface area contributed by atoms with Gasteiger partial charge in [-0.15, -0.1) is 22.0 Å². The van der Waals surface area contributed by atoms with Crippen LogP contribution >= 0.6 is 46.7 Å². The molecule has 0 N–H and O–H groups in total. The third kappa shape index (κ3) is 4.48. The van der Waals surface area contributed by atoms with Crippen LogP contribution in [0.2, 0.25) is 10.0 Å². The van der Waals surface area contributed by atoms with Crippen molar-refractivity contribution in [2.24, 2.45) is 0 Å². The van der Waals surface area contributed by atoms with E-state index >= 15 is 0 Å². The number of hydrogen-bond donors (Lipinski definition) is 0. The molecule has 7 heteroatoms. The number of nitrogens with zero attached hydrogens (tertiary/aromatic N) is 3. The van der Waals surface area contributed by atoms with Gasteiger partial charge in [0.1, 0.15) is 0 Å². The molecule has 4 aromatic rings. The van der Waals surface area contributed by atoms with Crippen LogP contribution in [0.4, 0.5) is 0 Å². The Kier molecular flexibility index (Phi) is 6.50. The van der Waals surface area contributed by atoms with Crippen LogP contribution in [0.1, 0.15) is 5.56 Å². The Morgan fingerprint density at radius 2 is 1.62 bits per heavy atom. The van der Waals surface area contributed by atoms with Crippen molar-refractivity contribution in [1.82, 2.24) is 14.8 Å². The molecule has 0 atom stereocenters. The Morgan fingerprint density at radius 1 is 0.862 bits per heavy atom. The van der Waals surface area contributed by atoms with Crippen molar-refractivity contribution in [3.8, 4) is 17.1 Å². The highest BCUT2D eigenvalue weighted by atomic mass is 35.5. The predicted molar refractivity (Wildman–Crippen MR) is 125 cm³/mol. The van der Waals surface area contributed by atoms with Gasteiger partial charge in [-0.2, -0.15) is 0 Å². The second-order valence-electron chi connectivity index (χ2n) is 6.21. The molecule has 29 heavy (non-hydrogen) atoms. The quantitative estimate of drug-likeness (QED) is 0.285. The largest absolute Gasteiger partial charge is 0.270 e. The first kappa shape index (κ1) is 20.4. The van der Waals surface area contributed by atoms with Crippen LogP contribution in [-0.4, -0.2) is 21.0 Å². The number of aromatic nitrogens is 3. The normalized spacial score (nSPS) is 11.0. The molecule has 1 heterocycles. The Morgan fingerprint density at radius 3 is 2.38 bits per heavy atom. The molecule has 4 rings (SSSR count). The minimum Gasteiger partial charge on any atom is -0.270 e. The average molecular weight is 458 g/mol. The Bertz CT molecular complexity index is 1130. The predicted octanol–water partition coefficient (Wildman–Crippen LogP) is 7.26. The number of para-hydroxylation sites is 1. The lowest BCUT2D eigenvalue weighted by Gasteiger charge is -2.12. The summed E-state index contributed by atoms with van der Waals surface area (Å²) in [6, 6.07) is 24.1. The van der Waals surface area contributed by atoms with Gasteiger partial charge in [0.15, 0.2) is 11.0 Å². The van der Waals surface area contributed by atoms with Gasteiger partial charge in [0.2, 0.25) is 0 Å². The summed E-state index contributed by atoms with van der Waals surface area (Å²) in [6.07, 6.45) is 2.07. The van der Waals surface area contributed by atoms with Crippen molar-refractivity contribution >= 4 is 46.7 Å². The van der Waals surface area contributed by atoms with Gasteiger partial charge in [-0.1, -0.05) is 77.4 Å². The first-order valence-corrected chi connectivity index (χ1v) is 11.8. The zero-order valence-corrected chi connectivity index (χ0v) is 18.7. The second kappa shape index (κ2) is 9.26. The fourth-order valence-electron chi connectivity index (χ4n) is 2.95. The van der Waals surface area contributed by atoms with E-state index in [2.05, 4.69) is 45.3 Å². The van der Waals surface area contributed by atoms with Crippen LogP contribution < -0.4 is 0 Å². The topological polar surface area (TPSA) is 30.7 Å². The van der Waals surface area contributed by atoms with E-state index in [-0.39, 0.29) is 0 Å². The maximum atomic E-state index is 6.16. The van der Waals surface area contributed by atoms with E-state index in [0.29, 0.717) is 15.8 Å². The monoisotopic (exact) mass is 457 g/mol. The third-order valence-electron chi connectivity index (χ3n) is 4.35. The molecule has 3 aromatic carbocycles. The van der Waals surface area contributed by atoms with Gasteiger partial charge in [0.25, 0.3) is 0 Å². The minimum absolute atomic E-state index is 0.559. The van der Waals surface area contributed by atoms with E-state index in [1.807, 2.05) is 48.5 Å². The SMILES string of the molecule is CSc1ccccc1-c1nnc(SCc2ccc(Cl)c(Cl)c2)n1-c1ccccc1. The molecule has 146 valence electrons. The Balaban J connectivity index is 1.74. The van der Waals surface area contributed by atoms with Crippen LogP contribution in [-0.2, 0) is 5.75 Å². The van der Waals surface area contributed by atoms with Gasteiger partial charge < -0.3 is 0 Å². The summed E-state index contributed by atoms with van der Waals surface area (Å²) in [5, 5.41) is 11.0. The molecular formula is C22H17Cl2N3S2. The lowest BCUT2D eigenvalue weighted by Crippen LogP contribution is -2.00. The van der Waals surface area contributed by atoms with E-state index in [1.54, 1.807) is 23.5 Å². The molecule has 0 radical (unpaired) electrons. The fourth-order valence-corrected chi connectivity index (χ4v) is 4.76. The molecule has 0 fully saturated rings. The summed E-state index contributed by atoms with van der Waals surface area (Å²) in [7, 11) is 0. The van der Waals surface area contributed by atoms with Crippen LogP contribution in [0.15, 0.2) is 82.8 Å². The van der Waals surface area contributed by atoms with E-state index in [1.165, 1.54) is 0 Å². The van der Waals surface area contributed by atoms with Crippen LogP contribution in [0.3, 0.4) is 0 Å². The lowest BCUT2D eigenvalue weighted by molar-refractivity contribution is 0.885. The third-order valence-corrected chi connectivity index (χ3v) is 6.88. The number of rotatable bonds is 6. The highest BCUT2D eigenvalue weighted by molar-refractivity contribution is 7.98. The number of benzene rings is 3. The zero-order valence-electron chi connectivity index (χ0n) is 15.5. The molecule has 1 aromatic heterocycles. The molecule has 0 saturated carbocycles. The summed E-state index contributed by atoms with van der Waals surface area (Å²) in [5.74, 6) is 1.55. The van der Waals surface area contributed by atoms with Crippen molar-refractivity contribution < 1.29 is 0 Å². The number of hydrogen-bond acceptors (Lipinski definition) is 4. The van der Waals surface area contributed by atoms with E-state index in [9.17, 15) is 0 Å². The highest BCUT2D eigenvalue weighted by Crippen LogP contribution is 2.34. The lowest BCUT2D eigenvalue weighted by atomic mass is 10.2. The van der Waals surface area contributed by atoms with Gasteiger partial charge in [-0.25, -0.2) is 0 Å². The standard InChI is InChI=1S/C22H17Cl2N3S2/c1-28-20-10-6-5-9-17(20)21-25-26-22(27(21)16-7-3-2-4-8-16)29-14-15-11-12-18(23)19(24)13-15/h2-13H,14H2,1H3. The van der Waals surface area contributed by atoms with Crippen LogP contribution in [0.5, 0.6) is 0 Å². The first-order chi connectivity index (χ1) is 14.2. The Labute approximate surface area is 188 Å². The minimum atomic E-state index is 0.559. The molecule has 0 amide bonds. The van der Waals surface area contributed by atoms with Gasteiger partial charge in [-0.05, 0) is 42.2 Å². The molecule has 0 aliphatic carbocycles. The molecule has 0 saturated heterocycles. The van der Waals surface area contributed by atoms with Crippen LogP contribution in [0, 0.1) is 0 Å². The molecular weight excluding hydrogens is 441 g/mol. The summed E-state index contributed by atoms with van der Waals surface area (Å²) >= 11 is 15.5. The van der Waals surface area contributed by atoms with Crippen molar-refractivity contribution in [2.45, 2.75) is 15.8 Å². The average Bonchev–Trinajstić information content (AvgIpc) is 3.19. The van der Waals surface area contributed by atoms with Crippen molar-refractivity contribution in [1.29, 1.82) is 0 Å². The summed E-state index contributed by atoms with van der Waals surface area (Å²) in [5.41, 5.74) is 3.18. The molecule has 0 unspecified atom stereocenters. The summed E-state index contributed by atoms with van der Waals surface area (Å²) in [6.45, 7) is 0. The summed E-state index contributed by atoms with van der Waals surface area (Å²) < 4.78 is 2.11. The number of thioether (sulfide) groups is 2. The van der Waals surface area contributed by atoms with Gasteiger partial charge in [0, 0.05) is 21.9 Å². The maximum Gasteiger partial charge on any atom is 0.196 e. The highest BCUT2D eigenvalue weighted by Gasteiger charge is 2.18. The molecule has 0 aliphatic heterocycles. The van der Waals surface area contributed by atoms with E-state index in [0.717, 1.165) is 32.7 Å². The smallest absolute Gasteiger partial charge is 0.196 e. The van der Waals surface area contributed by atoms with Crippen LogP contribution in [0.25, 0.3) is 17.1 Å². The first-order valence-electron chi connectivity index (χ1n) is 8.88. The molecule has 0 bridgehead atoms. The van der Waals surface area contributed by atoms with Crippen molar-refractivity contribution in [2.75, 3.05) is 6.26 Å². The molecule has 0 aliphatic rings. The number of halogens is 2. The zero-order chi connectivity index (χ0) is 20.2. The van der Waals surface area contributed by atoms with Gasteiger partial charge >= 0.3 is 0 Å². The molecule has 0 spiro atoms. The van der Waals surface area contributed by atoms with E-state index < -0.39 is 0 Å². The Hall–Kier alpha value is -1.92. The molecule has 3 nitrogen and oxygen atoms in total. The van der Waals surface area contributed by atoms with E-state index in [4.69, 9.17) is 23.2 Å². The second-order valence-corrected chi connectivity index (χ2v) is 8.82. The summed E-state index contributed by atoms with van der Waals surface area (Å²) in [4.78, 5) is 1.16. The fraction of sp³-hybridized carbons (Fsp3) is 0.0909.